The van der Waals surface area contributed by atoms with Crippen LogP contribution in [0.3, 0.4) is 0 Å². The number of benzene rings is 1. The predicted octanol–water partition coefficient (Wildman–Crippen LogP) is 3.90. The molecule has 4 rings (SSSR count). The van der Waals surface area contributed by atoms with Crippen molar-refractivity contribution in [1.82, 2.24) is 10.2 Å². The van der Waals surface area contributed by atoms with Gasteiger partial charge in [0, 0.05) is 12.1 Å². The van der Waals surface area contributed by atoms with Crippen LogP contribution in [0.5, 0.6) is 0 Å². The van der Waals surface area contributed by atoms with Gasteiger partial charge in [-0.15, -0.1) is 0 Å². The molecule has 0 bridgehead atoms. The summed E-state index contributed by atoms with van der Waals surface area (Å²) < 4.78 is 0. The zero-order valence-corrected chi connectivity index (χ0v) is 14.0. The van der Waals surface area contributed by atoms with Gasteiger partial charge in [0.15, 0.2) is 0 Å². The minimum absolute atomic E-state index is 0.167. The van der Waals surface area contributed by atoms with E-state index in [1.807, 2.05) is 18.2 Å². The Balaban J connectivity index is 1.64. The normalized spacial score (nSPS) is 22.9. The van der Waals surface area contributed by atoms with Gasteiger partial charge in [0.2, 0.25) is 5.91 Å². The van der Waals surface area contributed by atoms with E-state index >= 15 is 0 Å². The Bertz CT molecular complexity index is 651. The largest absolute Gasteiger partial charge is 0.352 e. The fourth-order valence-corrected chi connectivity index (χ4v) is 4.26. The monoisotopic (exact) mass is 326 g/mol. The third kappa shape index (κ3) is 3.19. The summed E-state index contributed by atoms with van der Waals surface area (Å²) in [7, 11) is 0. The Labute approximate surface area is 141 Å². The maximum Gasteiger partial charge on any atom is 0.242 e. The fourth-order valence-electron chi connectivity index (χ4n) is 3.56. The van der Waals surface area contributed by atoms with Crippen LogP contribution in [0.2, 0.25) is 0 Å². The van der Waals surface area contributed by atoms with E-state index in [1.165, 1.54) is 5.56 Å². The highest BCUT2D eigenvalue weighted by Crippen LogP contribution is 2.39. The molecule has 1 amide bonds. The molecule has 1 aliphatic heterocycles. The zero-order chi connectivity index (χ0) is 15.6. The lowest BCUT2D eigenvalue weighted by molar-refractivity contribution is -0.127. The molecule has 23 heavy (non-hydrogen) atoms. The molecule has 1 N–H and O–H groups in total. The number of carbonyl (C=O) groups is 1. The van der Waals surface area contributed by atoms with Gasteiger partial charge in [0.05, 0.1) is 0 Å². The number of likely N-dealkylation sites (tertiary alicyclic amines) is 1. The number of nitrogens with one attached hydrogen (secondary N) is 1. The van der Waals surface area contributed by atoms with Crippen LogP contribution in [0.1, 0.15) is 48.9 Å². The topological polar surface area (TPSA) is 32.3 Å². The highest BCUT2D eigenvalue weighted by atomic mass is 32.1. The van der Waals surface area contributed by atoms with Crippen LogP contribution < -0.4 is 5.32 Å². The Morgan fingerprint density at radius 3 is 2.70 bits per heavy atom. The predicted molar refractivity (Wildman–Crippen MR) is 93.3 cm³/mol. The van der Waals surface area contributed by atoms with Crippen LogP contribution in [0.15, 0.2) is 47.2 Å². The van der Waals surface area contributed by atoms with E-state index < -0.39 is 0 Å². The third-order valence-electron chi connectivity index (χ3n) is 4.84. The Morgan fingerprint density at radius 2 is 2.00 bits per heavy atom. The summed E-state index contributed by atoms with van der Waals surface area (Å²) in [6, 6.07) is 13.0. The molecular formula is C19H22N2OS. The van der Waals surface area contributed by atoms with Gasteiger partial charge < -0.3 is 5.32 Å². The number of rotatable bonds is 5. The van der Waals surface area contributed by atoms with Crippen molar-refractivity contribution in [3.05, 3.63) is 58.3 Å². The van der Waals surface area contributed by atoms with Crippen molar-refractivity contribution in [3.63, 3.8) is 0 Å². The summed E-state index contributed by atoms with van der Waals surface area (Å²) in [4.78, 5) is 15.3. The molecule has 1 saturated heterocycles. The van der Waals surface area contributed by atoms with Gasteiger partial charge in [-0.3, -0.25) is 9.69 Å². The standard InChI is InChI=1S/C19H22N2OS/c22-19(20-16-8-9-16)18(14-5-2-1-3-6-14)21-11-4-7-17(21)15-10-12-23-13-15/h1-3,5-6,10,12-13,16-18H,4,7-9,11H2,(H,20,22). The summed E-state index contributed by atoms with van der Waals surface area (Å²) in [5.41, 5.74) is 2.46. The van der Waals surface area contributed by atoms with Gasteiger partial charge in [-0.1, -0.05) is 30.3 Å². The molecule has 2 aliphatic rings. The highest BCUT2D eigenvalue weighted by molar-refractivity contribution is 7.07. The average molecular weight is 326 g/mol. The van der Waals surface area contributed by atoms with E-state index in [-0.39, 0.29) is 11.9 Å². The number of hydrogen-bond acceptors (Lipinski definition) is 3. The lowest BCUT2D eigenvalue weighted by atomic mass is 10.0. The van der Waals surface area contributed by atoms with E-state index in [2.05, 4.69) is 39.2 Å². The summed E-state index contributed by atoms with van der Waals surface area (Å²) in [6.07, 6.45) is 4.54. The summed E-state index contributed by atoms with van der Waals surface area (Å²) in [6.45, 7) is 0.984. The minimum atomic E-state index is -0.177. The molecule has 0 radical (unpaired) electrons. The van der Waals surface area contributed by atoms with E-state index in [1.54, 1.807) is 11.3 Å². The van der Waals surface area contributed by atoms with Gasteiger partial charge in [-0.25, -0.2) is 0 Å². The summed E-state index contributed by atoms with van der Waals surface area (Å²) in [5, 5.41) is 7.58. The van der Waals surface area contributed by atoms with Crippen LogP contribution in [0.4, 0.5) is 0 Å². The number of amides is 1. The van der Waals surface area contributed by atoms with Crippen molar-refractivity contribution in [2.75, 3.05) is 6.54 Å². The van der Waals surface area contributed by atoms with Crippen LogP contribution in [0, 0.1) is 0 Å². The summed E-state index contributed by atoms with van der Waals surface area (Å²) in [5.74, 6) is 0.167. The van der Waals surface area contributed by atoms with Gasteiger partial charge in [0.25, 0.3) is 0 Å². The van der Waals surface area contributed by atoms with Crippen LogP contribution in [-0.4, -0.2) is 23.4 Å². The zero-order valence-electron chi connectivity index (χ0n) is 13.2. The molecule has 1 aromatic carbocycles. The third-order valence-corrected chi connectivity index (χ3v) is 5.54. The van der Waals surface area contributed by atoms with Gasteiger partial charge in [-0.2, -0.15) is 11.3 Å². The van der Waals surface area contributed by atoms with E-state index in [9.17, 15) is 4.79 Å². The first kappa shape index (κ1) is 14.9. The molecule has 2 heterocycles. The van der Waals surface area contributed by atoms with Crippen molar-refractivity contribution < 1.29 is 4.79 Å². The second-order valence-electron chi connectivity index (χ2n) is 6.55. The van der Waals surface area contributed by atoms with Crippen molar-refractivity contribution in [3.8, 4) is 0 Å². The van der Waals surface area contributed by atoms with Gasteiger partial charge in [0.1, 0.15) is 6.04 Å². The molecule has 0 spiro atoms. The minimum Gasteiger partial charge on any atom is -0.352 e. The van der Waals surface area contributed by atoms with Crippen molar-refractivity contribution in [2.45, 2.75) is 43.8 Å². The number of nitrogens with zero attached hydrogens (tertiary/aromatic N) is 1. The molecule has 1 aromatic heterocycles. The molecular weight excluding hydrogens is 304 g/mol. The lowest BCUT2D eigenvalue weighted by Crippen LogP contribution is -2.41. The van der Waals surface area contributed by atoms with Crippen molar-refractivity contribution >= 4 is 17.2 Å². The van der Waals surface area contributed by atoms with E-state index in [0.717, 1.165) is 37.8 Å². The maximum atomic E-state index is 12.9. The quantitative estimate of drug-likeness (QED) is 0.903. The van der Waals surface area contributed by atoms with E-state index in [4.69, 9.17) is 0 Å². The molecule has 3 nitrogen and oxygen atoms in total. The molecule has 2 unspecified atom stereocenters. The summed E-state index contributed by atoms with van der Waals surface area (Å²) >= 11 is 1.74. The molecule has 4 heteroatoms. The fraction of sp³-hybridized carbons (Fsp3) is 0.421. The SMILES string of the molecule is O=C(NC1CC1)C(c1ccccc1)N1CCCC1c1ccsc1. The molecule has 120 valence electrons. The molecule has 2 atom stereocenters. The molecule has 2 fully saturated rings. The molecule has 1 aliphatic carbocycles. The van der Waals surface area contributed by atoms with Crippen molar-refractivity contribution in [1.29, 1.82) is 0 Å². The average Bonchev–Trinajstić information content (AvgIpc) is 3.04. The Kier molecular flexibility index (Phi) is 4.19. The number of thiophene rings is 1. The first-order valence-corrected chi connectivity index (χ1v) is 9.40. The smallest absolute Gasteiger partial charge is 0.242 e. The Hall–Kier alpha value is -1.65. The lowest BCUT2D eigenvalue weighted by Gasteiger charge is -2.32. The molecule has 1 saturated carbocycles. The van der Waals surface area contributed by atoms with Crippen LogP contribution >= 0.6 is 11.3 Å². The maximum absolute atomic E-state index is 12.9. The van der Waals surface area contributed by atoms with Gasteiger partial charge >= 0.3 is 0 Å². The molecule has 2 aromatic rings. The van der Waals surface area contributed by atoms with Gasteiger partial charge in [-0.05, 0) is 60.2 Å². The van der Waals surface area contributed by atoms with Crippen LogP contribution in [0.25, 0.3) is 0 Å². The number of hydrogen-bond donors (Lipinski definition) is 1. The van der Waals surface area contributed by atoms with Crippen LogP contribution in [-0.2, 0) is 4.79 Å². The first-order chi connectivity index (χ1) is 11.3. The highest BCUT2D eigenvalue weighted by Gasteiger charge is 2.38. The van der Waals surface area contributed by atoms with Crippen molar-refractivity contribution in [2.24, 2.45) is 0 Å². The first-order valence-electron chi connectivity index (χ1n) is 8.46. The number of carbonyl (C=O) groups excluding carboxylic acids is 1. The Morgan fingerprint density at radius 1 is 1.17 bits per heavy atom. The second kappa shape index (κ2) is 6.46. The van der Waals surface area contributed by atoms with E-state index in [0.29, 0.717) is 12.1 Å². The second-order valence-corrected chi connectivity index (χ2v) is 7.33.